The van der Waals surface area contributed by atoms with Gasteiger partial charge in [0.15, 0.2) is 0 Å². The molecule has 0 atom stereocenters. The molecule has 0 aliphatic heterocycles. The van der Waals surface area contributed by atoms with Crippen LogP contribution in [0.5, 0.6) is 5.88 Å². The Bertz CT molecular complexity index is 778. The number of aryl methyl sites for hydroxylation is 1. The molecule has 3 rings (SSSR count). The van der Waals surface area contributed by atoms with E-state index in [1.165, 1.54) is 29.1 Å². The SMILES string of the molecule is Cc1cc(OC(=O)c2ccco2)n(-c2cccc(F)c2)n1. The van der Waals surface area contributed by atoms with Crippen molar-refractivity contribution in [2.45, 2.75) is 6.92 Å². The fourth-order valence-electron chi connectivity index (χ4n) is 1.88. The number of benzene rings is 1. The van der Waals surface area contributed by atoms with Gasteiger partial charge < -0.3 is 9.15 Å². The van der Waals surface area contributed by atoms with E-state index in [4.69, 9.17) is 9.15 Å². The maximum atomic E-state index is 13.3. The molecule has 6 heteroatoms. The van der Waals surface area contributed by atoms with Gasteiger partial charge in [0.05, 0.1) is 17.6 Å². The van der Waals surface area contributed by atoms with Crippen molar-refractivity contribution in [3.05, 3.63) is 66.0 Å². The normalized spacial score (nSPS) is 10.6. The molecule has 0 bridgehead atoms. The highest BCUT2D eigenvalue weighted by molar-refractivity contribution is 5.87. The molecule has 0 N–H and O–H groups in total. The first-order valence-corrected chi connectivity index (χ1v) is 6.22. The van der Waals surface area contributed by atoms with Crippen LogP contribution in [0.25, 0.3) is 5.69 Å². The lowest BCUT2D eigenvalue weighted by molar-refractivity contribution is 0.0689. The second-order valence-corrected chi connectivity index (χ2v) is 4.38. The fraction of sp³-hybridized carbons (Fsp3) is 0.0667. The van der Waals surface area contributed by atoms with Crippen LogP contribution in [0, 0.1) is 12.7 Å². The standard InChI is InChI=1S/C15H11FN2O3/c1-10-8-14(21-15(19)13-6-3-7-20-13)18(17-10)12-5-2-4-11(16)9-12/h2-9H,1H3. The minimum atomic E-state index is -0.641. The molecule has 0 saturated carbocycles. The summed E-state index contributed by atoms with van der Waals surface area (Å²) < 4.78 is 24.9. The van der Waals surface area contributed by atoms with Gasteiger partial charge in [-0.15, -0.1) is 0 Å². The third-order valence-corrected chi connectivity index (χ3v) is 2.77. The Hall–Kier alpha value is -2.89. The highest BCUT2D eigenvalue weighted by atomic mass is 19.1. The van der Waals surface area contributed by atoms with Crippen LogP contribution in [0.1, 0.15) is 16.2 Å². The van der Waals surface area contributed by atoms with E-state index in [-0.39, 0.29) is 11.6 Å². The average Bonchev–Trinajstić information content (AvgIpc) is 3.08. The van der Waals surface area contributed by atoms with Crippen molar-refractivity contribution >= 4 is 5.97 Å². The highest BCUT2D eigenvalue weighted by Gasteiger charge is 2.16. The molecule has 2 heterocycles. The number of nitrogens with zero attached hydrogens (tertiary/aromatic N) is 2. The molecule has 0 aliphatic rings. The quantitative estimate of drug-likeness (QED) is 0.694. The van der Waals surface area contributed by atoms with Gasteiger partial charge in [-0.3, -0.25) is 0 Å². The van der Waals surface area contributed by atoms with E-state index in [0.717, 1.165) is 0 Å². The van der Waals surface area contributed by atoms with Gasteiger partial charge >= 0.3 is 5.97 Å². The zero-order valence-electron chi connectivity index (χ0n) is 11.1. The predicted molar refractivity (Wildman–Crippen MR) is 71.9 cm³/mol. The lowest BCUT2D eigenvalue weighted by Gasteiger charge is -2.06. The molecular weight excluding hydrogens is 275 g/mol. The van der Waals surface area contributed by atoms with Crippen LogP contribution in [0.3, 0.4) is 0 Å². The number of esters is 1. The van der Waals surface area contributed by atoms with Gasteiger partial charge in [-0.1, -0.05) is 6.07 Å². The van der Waals surface area contributed by atoms with Crippen molar-refractivity contribution in [1.82, 2.24) is 9.78 Å². The first kappa shape index (κ1) is 13.1. The Labute approximate surface area is 119 Å². The van der Waals surface area contributed by atoms with Gasteiger partial charge in [0.25, 0.3) is 0 Å². The molecule has 0 fully saturated rings. The molecule has 1 aromatic carbocycles. The summed E-state index contributed by atoms with van der Waals surface area (Å²) in [7, 11) is 0. The molecule has 0 unspecified atom stereocenters. The van der Waals surface area contributed by atoms with Gasteiger partial charge in [-0.25, -0.2) is 13.9 Å². The van der Waals surface area contributed by atoms with E-state index in [1.807, 2.05) is 0 Å². The minimum Gasteiger partial charge on any atom is -0.457 e. The Morgan fingerprint density at radius 1 is 1.29 bits per heavy atom. The largest absolute Gasteiger partial charge is 0.457 e. The number of rotatable bonds is 3. The molecule has 0 spiro atoms. The Balaban J connectivity index is 1.95. The minimum absolute atomic E-state index is 0.0830. The third-order valence-electron chi connectivity index (χ3n) is 2.77. The molecule has 2 aromatic heterocycles. The van der Waals surface area contributed by atoms with Gasteiger partial charge in [-0.05, 0) is 37.3 Å². The van der Waals surface area contributed by atoms with Crippen molar-refractivity contribution in [1.29, 1.82) is 0 Å². The fourth-order valence-corrected chi connectivity index (χ4v) is 1.88. The first-order valence-electron chi connectivity index (χ1n) is 6.22. The summed E-state index contributed by atoms with van der Waals surface area (Å²) >= 11 is 0. The summed E-state index contributed by atoms with van der Waals surface area (Å²) in [4.78, 5) is 11.9. The third kappa shape index (κ3) is 2.69. The van der Waals surface area contributed by atoms with Gasteiger partial charge in [-0.2, -0.15) is 5.10 Å². The lowest BCUT2D eigenvalue weighted by Crippen LogP contribution is -2.11. The van der Waals surface area contributed by atoms with Crippen LogP contribution in [0.4, 0.5) is 4.39 Å². The van der Waals surface area contributed by atoms with E-state index < -0.39 is 11.8 Å². The number of furan rings is 1. The predicted octanol–water partition coefficient (Wildman–Crippen LogP) is 3.13. The number of aromatic nitrogens is 2. The Kier molecular flexibility index (Phi) is 3.27. The van der Waals surface area contributed by atoms with Crippen molar-refractivity contribution in [3.63, 3.8) is 0 Å². The average molecular weight is 286 g/mol. The van der Waals surface area contributed by atoms with Crippen LogP contribution in [-0.4, -0.2) is 15.7 Å². The van der Waals surface area contributed by atoms with Gasteiger partial charge in [0.2, 0.25) is 11.6 Å². The van der Waals surface area contributed by atoms with Crippen LogP contribution in [0.2, 0.25) is 0 Å². The van der Waals surface area contributed by atoms with Crippen LogP contribution in [-0.2, 0) is 0 Å². The summed E-state index contributed by atoms with van der Waals surface area (Å²) in [5.74, 6) is -0.763. The lowest BCUT2D eigenvalue weighted by atomic mass is 10.3. The zero-order valence-corrected chi connectivity index (χ0v) is 11.1. The van der Waals surface area contributed by atoms with Gasteiger partial charge in [0.1, 0.15) is 5.82 Å². The molecule has 5 nitrogen and oxygen atoms in total. The van der Waals surface area contributed by atoms with Crippen molar-refractivity contribution in [3.8, 4) is 11.6 Å². The topological polar surface area (TPSA) is 57.3 Å². The van der Waals surface area contributed by atoms with E-state index in [9.17, 15) is 9.18 Å². The second-order valence-electron chi connectivity index (χ2n) is 4.38. The molecule has 106 valence electrons. The molecule has 0 saturated heterocycles. The van der Waals surface area contributed by atoms with Crippen LogP contribution < -0.4 is 4.74 Å². The summed E-state index contributed by atoms with van der Waals surface area (Å²) in [5.41, 5.74) is 1.10. The molecule has 0 radical (unpaired) electrons. The summed E-state index contributed by atoms with van der Waals surface area (Å²) in [5, 5.41) is 4.20. The monoisotopic (exact) mass is 286 g/mol. The number of hydrogen-bond acceptors (Lipinski definition) is 4. The van der Waals surface area contributed by atoms with E-state index >= 15 is 0 Å². The number of carbonyl (C=O) groups excluding carboxylic acids is 1. The highest BCUT2D eigenvalue weighted by Crippen LogP contribution is 2.21. The Morgan fingerprint density at radius 2 is 2.14 bits per heavy atom. The number of halogens is 1. The summed E-state index contributed by atoms with van der Waals surface area (Å²) in [6, 6.07) is 10.5. The summed E-state index contributed by atoms with van der Waals surface area (Å²) in [6.45, 7) is 1.75. The van der Waals surface area contributed by atoms with Crippen LogP contribution >= 0.6 is 0 Å². The molecule has 0 amide bonds. The molecule has 3 aromatic rings. The van der Waals surface area contributed by atoms with E-state index in [2.05, 4.69) is 5.10 Å². The van der Waals surface area contributed by atoms with Crippen molar-refractivity contribution in [2.75, 3.05) is 0 Å². The molecule has 0 aliphatic carbocycles. The molecule has 21 heavy (non-hydrogen) atoms. The number of ether oxygens (including phenoxy) is 1. The van der Waals surface area contributed by atoms with E-state index in [0.29, 0.717) is 11.4 Å². The van der Waals surface area contributed by atoms with Crippen molar-refractivity contribution < 1.29 is 18.3 Å². The maximum Gasteiger partial charge on any atom is 0.380 e. The smallest absolute Gasteiger partial charge is 0.380 e. The van der Waals surface area contributed by atoms with Crippen LogP contribution in [0.15, 0.2) is 53.1 Å². The Morgan fingerprint density at radius 3 is 2.86 bits per heavy atom. The second kappa shape index (κ2) is 5.24. The first-order chi connectivity index (χ1) is 10.1. The van der Waals surface area contributed by atoms with E-state index in [1.54, 1.807) is 31.2 Å². The van der Waals surface area contributed by atoms with Gasteiger partial charge in [0, 0.05) is 6.07 Å². The maximum absolute atomic E-state index is 13.3. The molecular formula is C15H11FN2O3. The summed E-state index contributed by atoms with van der Waals surface area (Å²) in [6.07, 6.45) is 1.38. The number of carbonyl (C=O) groups is 1. The zero-order chi connectivity index (χ0) is 14.8. The van der Waals surface area contributed by atoms with Crippen molar-refractivity contribution in [2.24, 2.45) is 0 Å². The number of hydrogen-bond donors (Lipinski definition) is 0.